The summed E-state index contributed by atoms with van der Waals surface area (Å²) in [5.41, 5.74) is 7.40. The Labute approximate surface area is 153 Å². The van der Waals surface area contributed by atoms with E-state index < -0.39 is 0 Å². The molecule has 1 saturated heterocycles. The van der Waals surface area contributed by atoms with Crippen LogP contribution in [0.5, 0.6) is 0 Å². The van der Waals surface area contributed by atoms with Crippen molar-refractivity contribution in [1.29, 1.82) is 0 Å². The average Bonchev–Trinajstić information content (AvgIpc) is 2.62. The van der Waals surface area contributed by atoms with Crippen molar-refractivity contribution in [3.8, 4) is 0 Å². The van der Waals surface area contributed by atoms with E-state index in [9.17, 15) is 9.90 Å². The van der Waals surface area contributed by atoms with E-state index in [4.69, 9.17) is 5.73 Å². The number of amidine groups is 1. The van der Waals surface area contributed by atoms with E-state index in [1.54, 1.807) is 11.8 Å². The van der Waals surface area contributed by atoms with Crippen molar-refractivity contribution >= 4 is 22.8 Å². The number of aliphatic hydroxyl groups is 1. The fourth-order valence-corrected chi connectivity index (χ4v) is 4.72. The minimum Gasteiger partial charge on any atom is -0.396 e. The Balaban J connectivity index is 1.77. The van der Waals surface area contributed by atoms with E-state index in [1.165, 1.54) is 0 Å². The average molecular weight is 362 g/mol. The Bertz CT molecular complexity index is 645. The summed E-state index contributed by atoms with van der Waals surface area (Å²) in [6, 6.07) is 7.97. The number of nitrogens with zero attached hydrogens (tertiary/aromatic N) is 2. The van der Waals surface area contributed by atoms with Crippen LogP contribution >= 0.6 is 11.8 Å². The number of piperidine rings is 1. The Morgan fingerprint density at radius 2 is 2.16 bits per heavy atom. The number of thioether (sulfide) groups is 1. The minimum absolute atomic E-state index is 0.0667. The number of aliphatic imine (C=N–C) groups is 1. The summed E-state index contributed by atoms with van der Waals surface area (Å²) < 4.78 is 0. The van der Waals surface area contributed by atoms with Crippen LogP contribution in [0.15, 0.2) is 29.3 Å². The van der Waals surface area contributed by atoms with Gasteiger partial charge < -0.3 is 15.7 Å². The Kier molecular flexibility index (Phi) is 5.69. The van der Waals surface area contributed by atoms with Gasteiger partial charge in [0.15, 0.2) is 5.17 Å². The maximum atomic E-state index is 12.9. The van der Waals surface area contributed by atoms with Crippen LogP contribution in [0.4, 0.5) is 0 Å². The van der Waals surface area contributed by atoms with Crippen molar-refractivity contribution < 1.29 is 9.90 Å². The molecule has 3 N–H and O–H groups in total. The molecule has 136 valence electrons. The minimum atomic E-state index is -0.304. The first-order valence-corrected chi connectivity index (χ1v) is 10.0. The van der Waals surface area contributed by atoms with Gasteiger partial charge in [0.2, 0.25) is 0 Å². The molecular weight excluding hydrogens is 334 g/mol. The molecule has 0 bridgehead atoms. The molecule has 0 aliphatic carbocycles. The first kappa shape index (κ1) is 18.3. The quantitative estimate of drug-likeness (QED) is 0.864. The smallest absolute Gasteiger partial charge is 0.254 e. The maximum absolute atomic E-state index is 12.9. The number of aliphatic hydroxyl groups excluding tert-OH is 1. The highest BCUT2D eigenvalue weighted by Gasteiger charge is 2.30. The van der Waals surface area contributed by atoms with Crippen LogP contribution < -0.4 is 5.73 Å². The zero-order chi connectivity index (χ0) is 17.9. The van der Waals surface area contributed by atoms with Crippen LogP contribution in [0.2, 0.25) is 0 Å². The summed E-state index contributed by atoms with van der Waals surface area (Å²) in [6.07, 6.45) is 4.75. The van der Waals surface area contributed by atoms with Crippen molar-refractivity contribution in [2.24, 2.45) is 10.7 Å². The van der Waals surface area contributed by atoms with E-state index in [-0.39, 0.29) is 24.1 Å². The number of rotatable bonds is 4. The predicted molar refractivity (Wildman–Crippen MR) is 103 cm³/mol. The fraction of sp³-hybridized carbons (Fsp3) is 0.579. The third-order valence-corrected chi connectivity index (χ3v) is 6.10. The molecule has 3 rings (SSSR count). The Morgan fingerprint density at radius 1 is 1.40 bits per heavy atom. The molecule has 2 heterocycles. The van der Waals surface area contributed by atoms with E-state index >= 15 is 0 Å². The Morgan fingerprint density at radius 3 is 2.84 bits per heavy atom. The molecule has 1 fully saturated rings. The molecule has 5 nitrogen and oxygen atoms in total. The number of hydrogen-bond acceptors (Lipinski definition) is 5. The first-order chi connectivity index (χ1) is 12.0. The van der Waals surface area contributed by atoms with Crippen LogP contribution in [0.25, 0.3) is 0 Å². The van der Waals surface area contributed by atoms with Crippen molar-refractivity contribution in [2.75, 3.05) is 18.9 Å². The number of amides is 1. The molecule has 0 spiro atoms. The summed E-state index contributed by atoms with van der Waals surface area (Å²) in [7, 11) is 0. The molecule has 0 radical (unpaired) electrons. The zero-order valence-electron chi connectivity index (χ0n) is 14.8. The topological polar surface area (TPSA) is 78.9 Å². The number of carbonyl (C=O) groups is 1. The van der Waals surface area contributed by atoms with Gasteiger partial charge in [0.05, 0.1) is 5.54 Å². The fourth-order valence-electron chi connectivity index (χ4n) is 3.75. The van der Waals surface area contributed by atoms with Crippen LogP contribution in [0.1, 0.15) is 54.9 Å². The van der Waals surface area contributed by atoms with Gasteiger partial charge in [-0.15, -0.1) is 0 Å². The molecule has 6 heteroatoms. The zero-order valence-corrected chi connectivity index (χ0v) is 15.6. The summed E-state index contributed by atoms with van der Waals surface area (Å²) in [5, 5.41) is 9.89. The van der Waals surface area contributed by atoms with Gasteiger partial charge in [0, 0.05) is 30.5 Å². The number of hydrogen-bond donors (Lipinski definition) is 2. The summed E-state index contributed by atoms with van der Waals surface area (Å²) in [6.45, 7) is 3.00. The number of likely N-dealkylation sites (tertiary alicyclic amines) is 1. The number of nitrogens with two attached hydrogens (primary N) is 1. The largest absolute Gasteiger partial charge is 0.396 e. The van der Waals surface area contributed by atoms with Gasteiger partial charge in [-0.25, -0.2) is 0 Å². The molecule has 25 heavy (non-hydrogen) atoms. The Hall–Kier alpha value is -1.53. The van der Waals surface area contributed by atoms with Crippen LogP contribution in [-0.2, 0) is 5.54 Å². The molecule has 1 aromatic carbocycles. The molecule has 2 unspecified atom stereocenters. The molecule has 1 aromatic rings. The monoisotopic (exact) mass is 361 g/mol. The maximum Gasteiger partial charge on any atom is 0.254 e. The van der Waals surface area contributed by atoms with Gasteiger partial charge in [-0.05, 0) is 56.7 Å². The second kappa shape index (κ2) is 7.79. The second-order valence-electron chi connectivity index (χ2n) is 7.06. The predicted octanol–water partition coefficient (Wildman–Crippen LogP) is 2.73. The van der Waals surface area contributed by atoms with E-state index in [0.717, 1.165) is 43.5 Å². The third kappa shape index (κ3) is 4.01. The van der Waals surface area contributed by atoms with Crippen LogP contribution in [-0.4, -0.2) is 46.0 Å². The van der Waals surface area contributed by atoms with Gasteiger partial charge in [0.25, 0.3) is 5.91 Å². The van der Waals surface area contributed by atoms with Crippen molar-refractivity contribution in [1.82, 2.24) is 4.90 Å². The molecule has 2 aliphatic heterocycles. The normalized spacial score (nSPS) is 27.0. The molecule has 2 aliphatic rings. The van der Waals surface area contributed by atoms with E-state index in [0.29, 0.717) is 17.2 Å². The lowest BCUT2D eigenvalue weighted by molar-refractivity contribution is 0.0574. The summed E-state index contributed by atoms with van der Waals surface area (Å²) >= 11 is 1.59. The highest BCUT2D eigenvalue weighted by molar-refractivity contribution is 8.13. The number of benzene rings is 1. The lowest BCUT2D eigenvalue weighted by atomic mass is 9.89. The van der Waals surface area contributed by atoms with Crippen molar-refractivity contribution in [3.05, 3.63) is 35.4 Å². The standard InChI is InChI=1S/C19H27N3O2S/c1-19(10-13-25-18(20)21-19)15-7-5-14(6-8-15)17(24)22-11-3-2-4-16(22)9-12-23/h5-8,16,23H,2-4,9-13H2,1H3,(H2,20,21). The summed E-state index contributed by atoms with van der Waals surface area (Å²) in [5.74, 6) is 1.03. The lowest BCUT2D eigenvalue weighted by Gasteiger charge is -2.36. The summed E-state index contributed by atoms with van der Waals surface area (Å²) in [4.78, 5) is 19.5. The molecular formula is C19H27N3O2S. The van der Waals surface area contributed by atoms with Crippen molar-refractivity contribution in [2.45, 2.75) is 50.6 Å². The van der Waals surface area contributed by atoms with Gasteiger partial charge in [0.1, 0.15) is 0 Å². The SMILES string of the molecule is CC1(c2ccc(C(=O)N3CCCCC3CCO)cc2)CCSC(N)=N1. The highest BCUT2D eigenvalue weighted by atomic mass is 32.2. The number of carbonyl (C=O) groups excluding carboxylic acids is 1. The van der Waals surface area contributed by atoms with Crippen LogP contribution in [0, 0.1) is 0 Å². The van der Waals surface area contributed by atoms with Crippen molar-refractivity contribution in [3.63, 3.8) is 0 Å². The molecule has 1 amide bonds. The van der Waals surface area contributed by atoms with Gasteiger partial charge in [-0.3, -0.25) is 9.79 Å². The van der Waals surface area contributed by atoms with Gasteiger partial charge >= 0.3 is 0 Å². The van der Waals surface area contributed by atoms with Gasteiger partial charge in [-0.1, -0.05) is 23.9 Å². The second-order valence-corrected chi connectivity index (χ2v) is 8.18. The highest BCUT2D eigenvalue weighted by Crippen LogP contribution is 2.35. The molecule has 0 saturated carbocycles. The van der Waals surface area contributed by atoms with E-state index in [1.807, 2.05) is 29.2 Å². The van der Waals surface area contributed by atoms with Gasteiger partial charge in [-0.2, -0.15) is 0 Å². The first-order valence-electron chi connectivity index (χ1n) is 9.04. The van der Waals surface area contributed by atoms with E-state index in [2.05, 4.69) is 11.9 Å². The van der Waals surface area contributed by atoms with Crippen LogP contribution in [0.3, 0.4) is 0 Å². The lowest BCUT2D eigenvalue weighted by Crippen LogP contribution is -2.44. The molecule has 0 aromatic heterocycles. The molecule has 2 atom stereocenters. The third-order valence-electron chi connectivity index (χ3n) is 5.30.